The molecule has 0 saturated heterocycles. The van der Waals surface area contributed by atoms with Crippen molar-refractivity contribution in [2.75, 3.05) is 45.3 Å². The maximum atomic E-state index is 5.78. The number of hydrogen-bond acceptors (Lipinski definition) is 4. The van der Waals surface area contributed by atoms with Gasteiger partial charge >= 0.3 is 0 Å². The summed E-state index contributed by atoms with van der Waals surface area (Å²) in [6.45, 7) is 7.44. The zero-order valence-corrected chi connectivity index (χ0v) is 11.2. The third kappa shape index (κ3) is 3.15. The van der Waals surface area contributed by atoms with Gasteiger partial charge in [-0.25, -0.2) is 0 Å². The molecule has 4 heteroatoms. The molecule has 0 bridgehead atoms. The Morgan fingerprint density at radius 3 is 3.11 bits per heavy atom. The number of para-hydroxylation sites is 1. The van der Waals surface area contributed by atoms with Crippen LogP contribution < -0.4 is 10.1 Å². The van der Waals surface area contributed by atoms with Gasteiger partial charge in [-0.3, -0.25) is 4.90 Å². The number of nitrogens with one attached hydrogen (secondary N) is 1. The standard InChI is InChI=1S/C14H22N2O2/c1-3-16(8-10-17-2)11-12-5-4-6-13-14(12)18-9-7-15-13/h4-6,15H,3,7-11H2,1-2H3. The molecular formula is C14H22N2O2. The third-order valence-electron chi connectivity index (χ3n) is 3.21. The lowest BCUT2D eigenvalue weighted by atomic mass is 10.1. The summed E-state index contributed by atoms with van der Waals surface area (Å²) in [5.41, 5.74) is 2.36. The highest BCUT2D eigenvalue weighted by Gasteiger charge is 2.15. The van der Waals surface area contributed by atoms with Gasteiger partial charge in [-0.2, -0.15) is 0 Å². The van der Waals surface area contributed by atoms with Crippen molar-refractivity contribution in [1.29, 1.82) is 0 Å². The highest BCUT2D eigenvalue weighted by Crippen LogP contribution is 2.31. The van der Waals surface area contributed by atoms with E-state index < -0.39 is 0 Å². The van der Waals surface area contributed by atoms with Crippen LogP contribution in [0.2, 0.25) is 0 Å². The first-order valence-electron chi connectivity index (χ1n) is 6.55. The highest BCUT2D eigenvalue weighted by atomic mass is 16.5. The van der Waals surface area contributed by atoms with E-state index in [0.29, 0.717) is 0 Å². The van der Waals surface area contributed by atoms with Crippen molar-refractivity contribution < 1.29 is 9.47 Å². The van der Waals surface area contributed by atoms with Crippen molar-refractivity contribution in [2.45, 2.75) is 13.5 Å². The van der Waals surface area contributed by atoms with Crippen LogP contribution in [-0.2, 0) is 11.3 Å². The molecule has 1 aliphatic heterocycles. The Morgan fingerprint density at radius 1 is 1.44 bits per heavy atom. The molecule has 0 fully saturated rings. The van der Waals surface area contributed by atoms with E-state index in [-0.39, 0.29) is 0 Å². The van der Waals surface area contributed by atoms with E-state index in [1.165, 1.54) is 5.56 Å². The number of benzene rings is 1. The molecule has 0 spiro atoms. The monoisotopic (exact) mass is 250 g/mol. The molecule has 100 valence electrons. The Labute approximate surface area is 109 Å². The number of nitrogens with zero attached hydrogens (tertiary/aromatic N) is 1. The summed E-state index contributed by atoms with van der Waals surface area (Å²) in [5, 5.41) is 3.37. The normalized spacial score (nSPS) is 13.9. The van der Waals surface area contributed by atoms with E-state index in [4.69, 9.17) is 9.47 Å². The Balaban J connectivity index is 2.08. The summed E-state index contributed by atoms with van der Waals surface area (Å²) >= 11 is 0. The Hall–Kier alpha value is -1.26. The van der Waals surface area contributed by atoms with E-state index in [1.807, 2.05) is 0 Å². The van der Waals surface area contributed by atoms with Crippen LogP contribution in [0.5, 0.6) is 5.75 Å². The number of ether oxygens (including phenoxy) is 2. The molecule has 4 nitrogen and oxygen atoms in total. The SMILES string of the molecule is CCN(CCOC)Cc1cccc2c1OCCN2. The van der Waals surface area contributed by atoms with Gasteiger partial charge in [-0.15, -0.1) is 0 Å². The van der Waals surface area contributed by atoms with E-state index in [1.54, 1.807) is 7.11 Å². The zero-order chi connectivity index (χ0) is 12.8. The van der Waals surface area contributed by atoms with E-state index in [0.717, 1.165) is 50.8 Å². The molecule has 1 aromatic carbocycles. The summed E-state index contributed by atoms with van der Waals surface area (Å²) in [7, 11) is 1.74. The number of rotatable bonds is 6. The fraction of sp³-hybridized carbons (Fsp3) is 0.571. The van der Waals surface area contributed by atoms with Gasteiger partial charge in [0.2, 0.25) is 0 Å². The average Bonchev–Trinajstić information content (AvgIpc) is 2.43. The first kappa shape index (κ1) is 13.2. The lowest BCUT2D eigenvalue weighted by Crippen LogP contribution is -2.27. The zero-order valence-electron chi connectivity index (χ0n) is 11.2. The van der Waals surface area contributed by atoms with Crippen molar-refractivity contribution in [3.8, 4) is 5.75 Å². The first-order chi connectivity index (χ1) is 8.85. The Kier molecular flexibility index (Phi) is 4.84. The van der Waals surface area contributed by atoms with Gasteiger partial charge in [0.25, 0.3) is 0 Å². The van der Waals surface area contributed by atoms with Crippen molar-refractivity contribution in [2.24, 2.45) is 0 Å². The quantitative estimate of drug-likeness (QED) is 0.837. The van der Waals surface area contributed by atoms with Crippen LogP contribution in [0.25, 0.3) is 0 Å². The van der Waals surface area contributed by atoms with Crippen molar-refractivity contribution in [1.82, 2.24) is 4.90 Å². The molecule has 0 aliphatic carbocycles. The molecule has 2 rings (SSSR count). The van der Waals surface area contributed by atoms with Gasteiger partial charge < -0.3 is 14.8 Å². The molecule has 0 atom stereocenters. The average molecular weight is 250 g/mol. The molecule has 0 radical (unpaired) electrons. The maximum Gasteiger partial charge on any atom is 0.146 e. The van der Waals surface area contributed by atoms with Gasteiger partial charge in [0, 0.05) is 32.3 Å². The largest absolute Gasteiger partial charge is 0.489 e. The fourth-order valence-electron chi connectivity index (χ4n) is 2.17. The number of hydrogen-bond donors (Lipinski definition) is 1. The molecule has 1 N–H and O–H groups in total. The molecule has 0 unspecified atom stereocenters. The summed E-state index contributed by atoms with van der Waals surface area (Å²) < 4.78 is 10.9. The first-order valence-corrected chi connectivity index (χ1v) is 6.55. The predicted octanol–water partition coefficient (Wildman–Crippen LogP) is 1.96. The van der Waals surface area contributed by atoms with Crippen LogP contribution in [0.3, 0.4) is 0 Å². The van der Waals surface area contributed by atoms with Crippen LogP contribution in [-0.4, -0.2) is 44.9 Å². The fourth-order valence-corrected chi connectivity index (χ4v) is 2.17. The molecule has 18 heavy (non-hydrogen) atoms. The van der Waals surface area contributed by atoms with Crippen LogP contribution in [0, 0.1) is 0 Å². The highest BCUT2D eigenvalue weighted by molar-refractivity contribution is 5.61. The minimum absolute atomic E-state index is 0.744. The van der Waals surface area contributed by atoms with Gasteiger partial charge in [0.1, 0.15) is 12.4 Å². The summed E-state index contributed by atoms with van der Waals surface area (Å²) in [6, 6.07) is 6.30. The van der Waals surface area contributed by atoms with Crippen molar-refractivity contribution in [3.63, 3.8) is 0 Å². The summed E-state index contributed by atoms with van der Waals surface area (Å²) in [6.07, 6.45) is 0. The van der Waals surface area contributed by atoms with Crippen LogP contribution in [0.15, 0.2) is 18.2 Å². The number of methoxy groups -OCH3 is 1. The van der Waals surface area contributed by atoms with Gasteiger partial charge in [-0.05, 0) is 12.6 Å². The third-order valence-corrected chi connectivity index (χ3v) is 3.21. The topological polar surface area (TPSA) is 33.7 Å². The van der Waals surface area contributed by atoms with Gasteiger partial charge in [0.15, 0.2) is 0 Å². The van der Waals surface area contributed by atoms with Crippen molar-refractivity contribution >= 4 is 5.69 Å². The summed E-state index contributed by atoms with van der Waals surface area (Å²) in [4.78, 5) is 2.36. The van der Waals surface area contributed by atoms with E-state index >= 15 is 0 Å². The maximum absolute atomic E-state index is 5.78. The smallest absolute Gasteiger partial charge is 0.146 e. The van der Waals surface area contributed by atoms with Gasteiger partial charge in [-0.1, -0.05) is 19.1 Å². The summed E-state index contributed by atoms with van der Waals surface area (Å²) in [5.74, 6) is 1.01. The Bertz CT molecular complexity index is 382. The Morgan fingerprint density at radius 2 is 2.33 bits per heavy atom. The lowest BCUT2D eigenvalue weighted by molar-refractivity contribution is 0.146. The second kappa shape index (κ2) is 6.61. The minimum atomic E-state index is 0.744. The van der Waals surface area contributed by atoms with Crippen molar-refractivity contribution in [3.05, 3.63) is 23.8 Å². The molecule has 0 aromatic heterocycles. The molecule has 1 aromatic rings. The second-order valence-corrected chi connectivity index (χ2v) is 4.43. The predicted molar refractivity (Wildman–Crippen MR) is 73.3 cm³/mol. The van der Waals surface area contributed by atoms with E-state index in [2.05, 4.69) is 35.3 Å². The second-order valence-electron chi connectivity index (χ2n) is 4.43. The molecular weight excluding hydrogens is 228 g/mol. The number of likely N-dealkylation sites (N-methyl/N-ethyl adjacent to an activating group) is 1. The number of anilines is 1. The number of fused-ring (bicyclic) bond motifs is 1. The lowest BCUT2D eigenvalue weighted by Gasteiger charge is -2.25. The van der Waals surface area contributed by atoms with Gasteiger partial charge in [0.05, 0.1) is 12.3 Å². The molecule has 1 heterocycles. The van der Waals surface area contributed by atoms with Crippen LogP contribution in [0.1, 0.15) is 12.5 Å². The molecule has 0 saturated carbocycles. The van der Waals surface area contributed by atoms with Crippen LogP contribution in [0.4, 0.5) is 5.69 Å². The molecule has 1 aliphatic rings. The van der Waals surface area contributed by atoms with Crippen LogP contribution >= 0.6 is 0 Å². The minimum Gasteiger partial charge on any atom is -0.489 e. The molecule has 0 amide bonds. The van der Waals surface area contributed by atoms with E-state index in [9.17, 15) is 0 Å².